The van der Waals surface area contributed by atoms with E-state index >= 15 is 0 Å². The second-order valence-electron chi connectivity index (χ2n) is 6.04. The monoisotopic (exact) mass is 408 g/mol. The largest absolute Gasteiger partial charge is 0.493 e. The smallest absolute Gasteiger partial charge is 0.419 e. The number of hydrogen-bond acceptors (Lipinski definition) is 7. The van der Waals surface area contributed by atoms with Gasteiger partial charge in [0, 0.05) is 13.6 Å². The van der Waals surface area contributed by atoms with Crippen LogP contribution in [0.3, 0.4) is 0 Å². The number of methoxy groups -OCH3 is 2. The lowest BCUT2D eigenvalue weighted by Crippen LogP contribution is -2.28. The van der Waals surface area contributed by atoms with Gasteiger partial charge in [-0.25, -0.2) is 17.9 Å². The molecular formula is C18H20N2O7S. The third-order valence-electron chi connectivity index (χ3n) is 4.33. The van der Waals surface area contributed by atoms with Crippen molar-refractivity contribution in [1.29, 1.82) is 0 Å². The van der Waals surface area contributed by atoms with E-state index in [0.29, 0.717) is 22.6 Å². The lowest BCUT2D eigenvalue weighted by atomic mass is 10.1. The molecule has 9 nitrogen and oxygen atoms in total. The Balaban J connectivity index is 1.79. The second kappa shape index (κ2) is 7.66. The van der Waals surface area contributed by atoms with Gasteiger partial charge in [-0.15, -0.1) is 0 Å². The Labute approximate surface area is 161 Å². The molecule has 0 radical (unpaired) electrons. The number of sulfonamides is 1. The molecule has 0 saturated heterocycles. The van der Waals surface area contributed by atoms with Crippen LogP contribution in [0.25, 0.3) is 11.1 Å². The molecule has 0 saturated carbocycles. The first-order valence-electron chi connectivity index (χ1n) is 8.26. The highest BCUT2D eigenvalue weighted by atomic mass is 32.2. The molecule has 0 aliphatic rings. The van der Waals surface area contributed by atoms with Crippen LogP contribution >= 0.6 is 0 Å². The van der Waals surface area contributed by atoms with E-state index in [9.17, 15) is 18.3 Å². The number of aryl methyl sites for hydroxylation is 1. The first kappa shape index (κ1) is 19.9. The zero-order valence-electron chi connectivity index (χ0n) is 15.5. The Morgan fingerprint density at radius 2 is 1.86 bits per heavy atom. The van der Waals surface area contributed by atoms with Gasteiger partial charge in [-0.05, 0) is 35.9 Å². The third kappa shape index (κ3) is 3.75. The van der Waals surface area contributed by atoms with E-state index in [1.165, 1.54) is 44.0 Å². The van der Waals surface area contributed by atoms with Crippen molar-refractivity contribution in [3.8, 4) is 11.5 Å². The van der Waals surface area contributed by atoms with Gasteiger partial charge in [0.1, 0.15) is 0 Å². The third-order valence-corrected chi connectivity index (χ3v) is 5.75. The summed E-state index contributed by atoms with van der Waals surface area (Å²) in [5.41, 5.74) is 1.11. The van der Waals surface area contributed by atoms with Crippen LogP contribution in [0, 0.1) is 0 Å². The van der Waals surface area contributed by atoms with Crippen LogP contribution in [0.15, 0.2) is 50.5 Å². The van der Waals surface area contributed by atoms with E-state index in [2.05, 4.69) is 4.72 Å². The first-order valence-corrected chi connectivity index (χ1v) is 9.74. The van der Waals surface area contributed by atoms with E-state index < -0.39 is 21.9 Å². The quantitative estimate of drug-likeness (QED) is 0.602. The zero-order valence-corrected chi connectivity index (χ0v) is 16.3. The van der Waals surface area contributed by atoms with Crippen molar-refractivity contribution >= 4 is 21.1 Å². The molecule has 2 N–H and O–H groups in total. The summed E-state index contributed by atoms with van der Waals surface area (Å²) in [5, 5.41) is 10.3. The highest BCUT2D eigenvalue weighted by Crippen LogP contribution is 2.30. The van der Waals surface area contributed by atoms with Crippen molar-refractivity contribution in [2.45, 2.75) is 11.0 Å². The van der Waals surface area contributed by atoms with Gasteiger partial charge in [0.15, 0.2) is 17.1 Å². The number of aromatic nitrogens is 1. The Morgan fingerprint density at radius 1 is 1.14 bits per heavy atom. The molecule has 1 unspecified atom stereocenters. The molecular weight excluding hydrogens is 388 g/mol. The average Bonchev–Trinajstić information content (AvgIpc) is 2.99. The number of oxazole rings is 1. The molecule has 0 bridgehead atoms. The van der Waals surface area contributed by atoms with Gasteiger partial charge in [-0.1, -0.05) is 6.07 Å². The normalized spacial score (nSPS) is 12.9. The maximum absolute atomic E-state index is 12.6. The number of fused-ring (bicyclic) bond motifs is 1. The molecule has 1 atom stereocenters. The highest BCUT2D eigenvalue weighted by Gasteiger charge is 2.19. The predicted molar refractivity (Wildman–Crippen MR) is 101 cm³/mol. The summed E-state index contributed by atoms with van der Waals surface area (Å²) in [4.78, 5) is 11.5. The molecule has 0 amide bonds. The molecule has 150 valence electrons. The number of benzene rings is 2. The van der Waals surface area contributed by atoms with Crippen LogP contribution in [-0.4, -0.2) is 38.9 Å². The van der Waals surface area contributed by atoms with Crippen molar-refractivity contribution in [2.24, 2.45) is 7.05 Å². The summed E-state index contributed by atoms with van der Waals surface area (Å²) in [7, 11) is 0.534. The first-order chi connectivity index (χ1) is 13.3. The van der Waals surface area contributed by atoms with Crippen LogP contribution in [0.4, 0.5) is 0 Å². The van der Waals surface area contributed by atoms with Crippen LogP contribution in [0.1, 0.15) is 11.7 Å². The summed E-state index contributed by atoms with van der Waals surface area (Å²) in [6.45, 7) is -0.250. The highest BCUT2D eigenvalue weighted by molar-refractivity contribution is 7.89. The van der Waals surface area contributed by atoms with Crippen molar-refractivity contribution in [3.05, 3.63) is 52.5 Å². The fourth-order valence-electron chi connectivity index (χ4n) is 2.72. The lowest BCUT2D eigenvalue weighted by Gasteiger charge is -2.15. The number of rotatable bonds is 7. The number of aliphatic hydroxyl groups excluding tert-OH is 1. The van der Waals surface area contributed by atoms with E-state index in [4.69, 9.17) is 13.9 Å². The van der Waals surface area contributed by atoms with Gasteiger partial charge in [-0.2, -0.15) is 0 Å². The van der Waals surface area contributed by atoms with Gasteiger partial charge >= 0.3 is 5.76 Å². The molecule has 3 rings (SSSR count). The van der Waals surface area contributed by atoms with Crippen LogP contribution in [-0.2, 0) is 17.1 Å². The van der Waals surface area contributed by atoms with E-state index in [1.54, 1.807) is 18.2 Å². The lowest BCUT2D eigenvalue weighted by molar-refractivity contribution is 0.181. The fraction of sp³-hybridized carbons (Fsp3) is 0.278. The van der Waals surface area contributed by atoms with Crippen LogP contribution < -0.4 is 20.0 Å². The van der Waals surface area contributed by atoms with Crippen molar-refractivity contribution in [3.63, 3.8) is 0 Å². The van der Waals surface area contributed by atoms with E-state index in [1.807, 2.05) is 0 Å². The Morgan fingerprint density at radius 3 is 2.54 bits per heavy atom. The Kier molecular flexibility index (Phi) is 5.45. The number of nitrogens with zero attached hydrogens (tertiary/aromatic N) is 1. The number of nitrogens with one attached hydrogen (secondary N) is 1. The van der Waals surface area contributed by atoms with Gasteiger partial charge < -0.3 is 19.0 Å². The van der Waals surface area contributed by atoms with E-state index in [-0.39, 0.29) is 17.0 Å². The summed E-state index contributed by atoms with van der Waals surface area (Å²) < 4.78 is 44.0. The van der Waals surface area contributed by atoms with Crippen molar-refractivity contribution < 1.29 is 27.4 Å². The molecule has 0 fully saturated rings. The molecule has 28 heavy (non-hydrogen) atoms. The van der Waals surface area contributed by atoms with Crippen LogP contribution in [0.2, 0.25) is 0 Å². The van der Waals surface area contributed by atoms with Gasteiger partial charge in [-0.3, -0.25) is 4.57 Å². The molecule has 1 aromatic heterocycles. The van der Waals surface area contributed by atoms with E-state index in [0.717, 1.165) is 0 Å². The van der Waals surface area contributed by atoms with Gasteiger partial charge in [0.05, 0.1) is 30.7 Å². The predicted octanol–water partition coefficient (Wildman–Crippen LogP) is 1.16. The Bertz CT molecular complexity index is 1160. The molecule has 3 aromatic rings. The number of ether oxygens (including phenoxy) is 2. The zero-order chi connectivity index (χ0) is 20.5. The average molecular weight is 408 g/mol. The summed E-state index contributed by atoms with van der Waals surface area (Å²) in [6.07, 6.45) is -1.10. The maximum Gasteiger partial charge on any atom is 0.419 e. The minimum Gasteiger partial charge on any atom is -0.493 e. The summed E-state index contributed by atoms with van der Waals surface area (Å²) in [5.74, 6) is 0.340. The minimum atomic E-state index is -3.91. The molecule has 2 aromatic carbocycles. The second-order valence-corrected chi connectivity index (χ2v) is 7.81. The summed E-state index contributed by atoms with van der Waals surface area (Å²) in [6, 6.07) is 8.90. The SMILES string of the molecule is COc1ccc(C(O)CNS(=O)(=O)c2ccc3oc(=O)n(C)c3c2)cc1OC. The van der Waals surface area contributed by atoms with Crippen molar-refractivity contribution in [1.82, 2.24) is 9.29 Å². The van der Waals surface area contributed by atoms with Gasteiger partial charge in [0.2, 0.25) is 10.0 Å². The van der Waals surface area contributed by atoms with Crippen molar-refractivity contribution in [2.75, 3.05) is 20.8 Å². The molecule has 0 aliphatic carbocycles. The Hall–Kier alpha value is -2.82. The maximum atomic E-state index is 12.6. The number of aliphatic hydroxyl groups is 1. The number of hydrogen-bond donors (Lipinski definition) is 2. The van der Waals surface area contributed by atoms with Gasteiger partial charge in [0.25, 0.3) is 0 Å². The minimum absolute atomic E-state index is 0.0455. The molecule has 10 heteroatoms. The summed E-state index contributed by atoms with van der Waals surface area (Å²) >= 11 is 0. The molecule has 1 heterocycles. The standard InChI is InChI=1S/C18H20N2O7S/c1-20-13-9-12(5-7-15(13)27-18(20)22)28(23,24)19-10-14(21)11-4-6-16(25-2)17(8-11)26-3/h4-9,14,19,21H,10H2,1-3H3. The van der Waals surface area contributed by atoms with Crippen LogP contribution in [0.5, 0.6) is 11.5 Å². The topological polar surface area (TPSA) is 120 Å². The molecule has 0 aliphatic heterocycles. The molecule has 0 spiro atoms. The fourth-order valence-corrected chi connectivity index (χ4v) is 3.78.